The van der Waals surface area contributed by atoms with Crippen molar-refractivity contribution >= 4 is 22.8 Å². The first kappa shape index (κ1) is 17.2. The molecule has 0 bridgehead atoms. The molecular weight excluding hydrogens is 350 g/mol. The van der Waals surface area contributed by atoms with E-state index in [0.29, 0.717) is 11.7 Å². The average Bonchev–Trinajstić information content (AvgIpc) is 3.40. The van der Waals surface area contributed by atoms with Crippen molar-refractivity contribution in [3.8, 4) is 0 Å². The lowest BCUT2D eigenvalue weighted by Crippen LogP contribution is -2.43. The van der Waals surface area contributed by atoms with E-state index in [1.165, 1.54) is 44.3 Å². The molecule has 2 unspecified atom stereocenters. The highest BCUT2D eigenvalue weighted by molar-refractivity contribution is 8.93. The maximum atomic E-state index is 12.8. The number of fused-ring (bicyclic) bond motifs is 1. The van der Waals surface area contributed by atoms with Gasteiger partial charge in [-0.15, -0.1) is 17.0 Å². The number of rotatable bonds is 3. The Morgan fingerprint density at radius 1 is 1.04 bits per heavy atom. The van der Waals surface area contributed by atoms with Gasteiger partial charge in [-0.2, -0.15) is 0 Å². The van der Waals surface area contributed by atoms with E-state index in [1.54, 1.807) is 0 Å². The zero-order valence-corrected chi connectivity index (χ0v) is 15.8. The summed E-state index contributed by atoms with van der Waals surface area (Å²) < 4.78 is 0. The minimum Gasteiger partial charge on any atom is -0.300 e. The number of nitrogens with zero attached hydrogens (tertiary/aromatic N) is 1. The fourth-order valence-electron chi connectivity index (χ4n) is 4.68. The highest BCUT2D eigenvalue weighted by atomic mass is 79.9. The fraction of sp³-hybridized carbons (Fsp3) is 0.650. The molecule has 4 rings (SSSR count). The summed E-state index contributed by atoms with van der Waals surface area (Å²) >= 11 is 0. The molecule has 3 heteroatoms. The number of carbonyl (C=O) groups excluding carboxylic acids is 1. The number of Topliss-reactive ketones (excluding diaryl/α,β-unsaturated/α-hetero) is 1. The Morgan fingerprint density at radius 2 is 1.74 bits per heavy atom. The predicted molar refractivity (Wildman–Crippen MR) is 99.4 cm³/mol. The Morgan fingerprint density at radius 3 is 2.43 bits per heavy atom. The molecule has 1 saturated heterocycles. The van der Waals surface area contributed by atoms with E-state index in [-0.39, 0.29) is 22.9 Å². The molecule has 0 N–H and O–H groups in total. The first-order valence-electron chi connectivity index (χ1n) is 9.10. The lowest BCUT2D eigenvalue weighted by molar-refractivity contribution is 0.0706. The van der Waals surface area contributed by atoms with Crippen molar-refractivity contribution in [1.29, 1.82) is 0 Å². The van der Waals surface area contributed by atoms with E-state index < -0.39 is 0 Å². The summed E-state index contributed by atoms with van der Waals surface area (Å²) in [4.78, 5) is 15.5. The minimum absolute atomic E-state index is 0. The van der Waals surface area contributed by atoms with Crippen LogP contribution in [0.1, 0.15) is 54.9 Å². The zero-order chi connectivity index (χ0) is 15.1. The molecule has 0 radical (unpaired) electrons. The largest absolute Gasteiger partial charge is 0.300 e. The van der Waals surface area contributed by atoms with E-state index in [4.69, 9.17) is 0 Å². The average molecular weight is 378 g/mol. The molecule has 0 amide bonds. The van der Waals surface area contributed by atoms with Crippen LogP contribution in [-0.2, 0) is 6.42 Å². The molecule has 2 fully saturated rings. The third-order valence-corrected chi connectivity index (χ3v) is 6.37. The van der Waals surface area contributed by atoms with Gasteiger partial charge in [-0.3, -0.25) is 4.79 Å². The number of halogens is 1. The van der Waals surface area contributed by atoms with Crippen molar-refractivity contribution < 1.29 is 4.79 Å². The number of hydrogen-bond acceptors (Lipinski definition) is 2. The van der Waals surface area contributed by atoms with Crippen LogP contribution in [0.2, 0.25) is 0 Å². The summed E-state index contributed by atoms with van der Waals surface area (Å²) in [7, 11) is 0. The van der Waals surface area contributed by atoms with Gasteiger partial charge in [0, 0.05) is 17.5 Å². The van der Waals surface area contributed by atoms with Crippen molar-refractivity contribution in [2.45, 2.75) is 51.5 Å². The second-order valence-electron chi connectivity index (χ2n) is 7.62. The summed E-state index contributed by atoms with van der Waals surface area (Å²) in [5, 5.41) is 0. The molecule has 2 atom stereocenters. The molecule has 1 aliphatic heterocycles. The monoisotopic (exact) mass is 377 g/mol. The van der Waals surface area contributed by atoms with E-state index in [0.717, 1.165) is 30.4 Å². The first-order chi connectivity index (χ1) is 10.7. The second-order valence-corrected chi connectivity index (χ2v) is 7.62. The van der Waals surface area contributed by atoms with Gasteiger partial charge in [0.2, 0.25) is 0 Å². The third-order valence-electron chi connectivity index (χ3n) is 6.37. The second kappa shape index (κ2) is 7.06. The van der Waals surface area contributed by atoms with Crippen LogP contribution in [0.3, 0.4) is 0 Å². The van der Waals surface area contributed by atoms with Crippen LogP contribution < -0.4 is 0 Å². The minimum atomic E-state index is 0. The van der Waals surface area contributed by atoms with E-state index >= 15 is 0 Å². The van der Waals surface area contributed by atoms with Gasteiger partial charge in [0.05, 0.1) is 0 Å². The van der Waals surface area contributed by atoms with Crippen LogP contribution in [0, 0.1) is 17.8 Å². The molecular formula is C20H28BrNO. The van der Waals surface area contributed by atoms with E-state index in [2.05, 4.69) is 24.0 Å². The highest BCUT2D eigenvalue weighted by Gasteiger charge is 2.38. The van der Waals surface area contributed by atoms with Crippen LogP contribution >= 0.6 is 17.0 Å². The van der Waals surface area contributed by atoms with E-state index in [9.17, 15) is 4.79 Å². The molecule has 0 spiro atoms. The van der Waals surface area contributed by atoms with Gasteiger partial charge in [0.15, 0.2) is 5.78 Å². The standard InChI is InChI=1S/C20H27NO.BrH/c1-14(15-6-7-15)21-12-10-17(11-13-21)19-9-8-16-4-2-3-5-18(16)20(19)22;/h2-5,14-15,17,19H,6-13H2,1H3;1H. The number of likely N-dealkylation sites (tertiary alicyclic amines) is 1. The van der Waals surface area contributed by atoms with Gasteiger partial charge in [0.25, 0.3) is 0 Å². The lowest BCUT2D eigenvalue weighted by atomic mass is 9.73. The smallest absolute Gasteiger partial charge is 0.166 e. The molecule has 126 valence electrons. The Labute approximate surface area is 150 Å². The lowest BCUT2D eigenvalue weighted by Gasteiger charge is -2.39. The van der Waals surface area contributed by atoms with Gasteiger partial charge >= 0.3 is 0 Å². The molecule has 1 heterocycles. The number of carbonyl (C=O) groups is 1. The summed E-state index contributed by atoms with van der Waals surface area (Å²) in [5.41, 5.74) is 2.27. The first-order valence-corrected chi connectivity index (χ1v) is 9.10. The number of aryl methyl sites for hydroxylation is 1. The highest BCUT2D eigenvalue weighted by Crippen LogP contribution is 2.39. The molecule has 0 aromatic heterocycles. The van der Waals surface area contributed by atoms with Crippen molar-refractivity contribution in [1.82, 2.24) is 4.90 Å². The number of ketones is 1. The molecule has 2 nitrogen and oxygen atoms in total. The van der Waals surface area contributed by atoms with Crippen LogP contribution in [0.25, 0.3) is 0 Å². The third kappa shape index (κ3) is 3.41. The molecule has 23 heavy (non-hydrogen) atoms. The van der Waals surface area contributed by atoms with Crippen molar-refractivity contribution in [3.63, 3.8) is 0 Å². The van der Waals surface area contributed by atoms with Crippen LogP contribution in [0.15, 0.2) is 24.3 Å². The van der Waals surface area contributed by atoms with Gasteiger partial charge < -0.3 is 4.90 Å². The Hall–Kier alpha value is -0.670. The number of benzene rings is 1. The molecule has 2 aliphatic carbocycles. The maximum absolute atomic E-state index is 12.8. The zero-order valence-electron chi connectivity index (χ0n) is 14.0. The van der Waals surface area contributed by atoms with Crippen LogP contribution in [0.4, 0.5) is 0 Å². The van der Waals surface area contributed by atoms with Gasteiger partial charge in [-0.1, -0.05) is 24.3 Å². The molecule has 1 aromatic carbocycles. The predicted octanol–water partition coefficient (Wildman–Crippen LogP) is 4.52. The number of hydrogen-bond donors (Lipinski definition) is 0. The maximum Gasteiger partial charge on any atom is 0.166 e. The summed E-state index contributed by atoms with van der Waals surface area (Å²) in [5.74, 6) is 2.28. The quantitative estimate of drug-likeness (QED) is 0.771. The summed E-state index contributed by atoms with van der Waals surface area (Å²) in [6.45, 7) is 4.81. The van der Waals surface area contributed by atoms with Crippen LogP contribution in [0.5, 0.6) is 0 Å². The Balaban J connectivity index is 0.00000156. The topological polar surface area (TPSA) is 20.3 Å². The fourth-order valence-corrected chi connectivity index (χ4v) is 4.68. The summed E-state index contributed by atoms with van der Waals surface area (Å²) in [6.07, 6.45) is 7.45. The molecule has 1 aromatic rings. The van der Waals surface area contributed by atoms with Gasteiger partial charge in [-0.05, 0) is 75.9 Å². The number of piperidine rings is 1. The normalized spacial score (nSPS) is 27.2. The molecule has 3 aliphatic rings. The van der Waals surface area contributed by atoms with Gasteiger partial charge in [0.1, 0.15) is 0 Å². The van der Waals surface area contributed by atoms with Crippen molar-refractivity contribution in [2.24, 2.45) is 17.8 Å². The Kier molecular flexibility index (Phi) is 5.27. The van der Waals surface area contributed by atoms with E-state index in [1.807, 2.05) is 12.1 Å². The van der Waals surface area contributed by atoms with Gasteiger partial charge in [-0.25, -0.2) is 0 Å². The Bertz CT molecular complexity index is 561. The summed E-state index contributed by atoms with van der Waals surface area (Å²) in [6, 6.07) is 9.00. The van der Waals surface area contributed by atoms with Crippen molar-refractivity contribution in [3.05, 3.63) is 35.4 Å². The van der Waals surface area contributed by atoms with Crippen molar-refractivity contribution in [2.75, 3.05) is 13.1 Å². The van der Waals surface area contributed by atoms with Crippen LogP contribution in [-0.4, -0.2) is 29.8 Å². The SMILES string of the molecule is Br.CC(C1CC1)N1CCC(C2CCc3ccccc3C2=O)CC1. The molecule has 1 saturated carbocycles.